The van der Waals surface area contributed by atoms with Crippen LogP contribution in [0, 0.1) is 32.8 Å². The van der Waals surface area contributed by atoms with Crippen LogP contribution in [0.25, 0.3) is 11.1 Å². The summed E-state index contributed by atoms with van der Waals surface area (Å²) in [7, 11) is 2.68. The van der Waals surface area contributed by atoms with Crippen molar-refractivity contribution in [1.82, 2.24) is 20.2 Å². The van der Waals surface area contributed by atoms with Crippen LogP contribution in [0.15, 0.2) is 43.0 Å². The van der Waals surface area contributed by atoms with Crippen molar-refractivity contribution in [3.8, 4) is 22.9 Å². The van der Waals surface area contributed by atoms with E-state index in [1.807, 2.05) is 18.2 Å². The molecule has 1 saturated heterocycles. The third-order valence-corrected chi connectivity index (χ3v) is 8.96. The normalized spacial score (nSPS) is 16.8. The fourth-order valence-electron chi connectivity index (χ4n) is 6.61. The first-order valence-corrected chi connectivity index (χ1v) is 15.9. The van der Waals surface area contributed by atoms with Gasteiger partial charge in [-0.25, -0.2) is 14.8 Å². The first-order chi connectivity index (χ1) is 23.2. The molecule has 1 aromatic carbocycles. The maximum atomic E-state index is 13.8. The van der Waals surface area contributed by atoms with Gasteiger partial charge in [-0.15, -0.1) is 0 Å². The maximum Gasteiger partial charge on any atom is 0.339 e. The van der Waals surface area contributed by atoms with E-state index in [2.05, 4.69) is 32.3 Å². The predicted octanol–water partition coefficient (Wildman–Crippen LogP) is 4.20. The standard InChI is InChI=1S/C34H40N6O8/c1-4-25-27(32(42)48-19-8-14-35)26(23-20-36-22-37-21-23)30(46-2)28(29(25)40(44)45)31(41)38-15-9-16-39-17-12-34(13-18-39,33(43)47-3)24-10-6-5-7-11-24/h5-7,10,20-22,24H,4,8-9,11-13,15-19H2,1-3H3,(H,38,41). The van der Waals surface area contributed by atoms with Gasteiger partial charge in [0.05, 0.1) is 42.6 Å². The number of aromatic nitrogens is 2. The van der Waals surface area contributed by atoms with Crippen molar-refractivity contribution >= 4 is 23.5 Å². The van der Waals surface area contributed by atoms with Gasteiger partial charge in [-0.1, -0.05) is 31.2 Å². The van der Waals surface area contributed by atoms with Crippen molar-refractivity contribution in [1.29, 1.82) is 5.26 Å². The Hall–Kier alpha value is -5.16. The number of nitro benzene ring substituents is 1. The van der Waals surface area contributed by atoms with Crippen LogP contribution in [0.5, 0.6) is 5.75 Å². The fourth-order valence-corrected chi connectivity index (χ4v) is 6.61. The highest BCUT2D eigenvalue weighted by Gasteiger charge is 2.47. The molecule has 14 nitrogen and oxygen atoms in total. The predicted molar refractivity (Wildman–Crippen MR) is 174 cm³/mol. The van der Waals surface area contributed by atoms with Crippen LogP contribution < -0.4 is 10.1 Å². The highest BCUT2D eigenvalue weighted by molar-refractivity contribution is 6.10. The molecule has 1 amide bonds. The van der Waals surface area contributed by atoms with E-state index in [-0.39, 0.29) is 71.4 Å². The summed E-state index contributed by atoms with van der Waals surface area (Å²) in [6.45, 7) is 3.61. The number of hydrogen-bond acceptors (Lipinski definition) is 12. The molecule has 48 heavy (non-hydrogen) atoms. The van der Waals surface area contributed by atoms with Crippen molar-refractivity contribution < 1.29 is 33.5 Å². The number of carbonyl (C=O) groups is 3. The summed E-state index contributed by atoms with van der Waals surface area (Å²) in [4.78, 5) is 62.2. The molecule has 2 aliphatic rings. The van der Waals surface area contributed by atoms with Crippen molar-refractivity contribution in [3.63, 3.8) is 0 Å². The fraction of sp³-hybridized carbons (Fsp3) is 0.471. The van der Waals surface area contributed by atoms with Crippen molar-refractivity contribution in [3.05, 3.63) is 69.8 Å². The van der Waals surface area contributed by atoms with Gasteiger partial charge < -0.3 is 24.4 Å². The van der Waals surface area contributed by atoms with Crippen LogP contribution in [0.3, 0.4) is 0 Å². The Morgan fingerprint density at radius 1 is 1.17 bits per heavy atom. The first-order valence-electron chi connectivity index (χ1n) is 15.9. The van der Waals surface area contributed by atoms with Gasteiger partial charge in [-0.3, -0.25) is 19.7 Å². The van der Waals surface area contributed by atoms with E-state index < -0.39 is 27.9 Å². The number of methoxy groups -OCH3 is 2. The van der Waals surface area contributed by atoms with E-state index in [1.165, 1.54) is 32.9 Å². The van der Waals surface area contributed by atoms with E-state index in [4.69, 9.17) is 19.5 Å². The first kappa shape index (κ1) is 35.7. The second-order valence-electron chi connectivity index (χ2n) is 11.5. The topological polar surface area (TPSA) is 187 Å². The van der Waals surface area contributed by atoms with E-state index in [0.29, 0.717) is 38.9 Å². The minimum absolute atomic E-state index is 0.0128. The molecule has 1 N–H and O–H groups in total. The number of hydrogen-bond donors (Lipinski definition) is 1. The number of nitriles is 1. The molecule has 1 atom stereocenters. The Morgan fingerprint density at radius 2 is 1.90 bits per heavy atom. The Bertz CT molecular complexity index is 1610. The summed E-state index contributed by atoms with van der Waals surface area (Å²) < 4.78 is 16.1. The number of rotatable bonds is 14. The molecule has 1 aromatic heterocycles. The highest BCUT2D eigenvalue weighted by atomic mass is 16.6. The summed E-state index contributed by atoms with van der Waals surface area (Å²) in [6, 6.07) is 1.89. The lowest BCUT2D eigenvalue weighted by Gasteiger charge is -2.43. The van der Waals surface area contributed by atoms with Gasteiger partial charge in [0.2, 0.25) is 0 Å². The number of piperidine rings is 1. The second kappa shape index (κ2) is 16.6. The Balaban J connectivity index is 1.55. The molecular formula is C34H40N6O8. The molecule has 2 heterocycles. The van der Waals surface area contributed by atoms with E-state index in [9.17, 15) is 24.5 Å². The van der Waals surface area contributed by atoms with Crippen molar-refractivity contribution in [2.24, 2.45) is 11.3 Å². The molecule has 0 radical (unpaired) electrons. The molecular weight excluding hydrogens is 620 g/mol. The molecule has 254 valence electrons. The lowest BCUT2D eigenvalue weighted by Crippen LogP contribution is -2.49. The lowest BCUT2D eigenvalue weighted by atomic mass is 9.66. The molecule has 1 fully saturated rings. The monoisotopic (exact) mass is 660 g/mol. The maximum absolute atomic E-state index is 13.8. The average molecular weight is 661 g/mol. The van der Waals surface area contributed by atoms with Crippen molar-refractivity contribution in [2.45, 2.75) is 45.4 Å². The third kappa shape index (κ3) is 7.52. The van der Waals surface area contributed by atoms with E-state index >= 15 is 0 Å². The number of esters is 2. The minimum atomic E-state index is -0.900. The Kier molecular flexibility index (Phi) is 12.3. The van der Waals surface area contributed by atoms with Crippen LogP contribution in [-0.4, -0.2) is 84.6 Å². The summed E-state index contributed by atoms with van der Waals surface area (Å²) >= 11 is 0. The zero-order valence-electron chi connectivity index (χ0n) is 27.4. The molecule has 2 aromatic rings. The largest absolute Gasteiger partial charge is 0.495 e. The molecule has 0 spiro atoms. The summed E-state index contributed by atoms with van der Waals surface area (Å²) in [6.07, 6.45) is 14.8. The lowest BCUT2D eigenvalue weighted by molar-refractivity contribution is -0.385. The molecule has 1 aliphatic heterocycles. The Morgan fingerprint density at radius 3 is 2.48 bits per heavy atom. The summed E-state index contributed by atoms with van der Waals surface area (Å²) in [5, 5.41) is 24.2. The molecule has 1 unspecified atom stereocenters. The van der Waals surface area contributed by atoms with E-state index in [0.717, 1.165) is 6.42 Å². The van der Waals surface area contributed by atoms with Crippen LogP contribution >= 0.6 is 0 Å². The third-order valence-electron chi connectivity index (χ3n) is 8.96. The average Bonchev–Trinajstić information content (AvgIpc) is 3.12. The van der Waals surface area contributed by atoms with Gasteiger partial charge in [0.1, 0.15) is 18.7 Å². The number of carbonyl (C=O) groups excluding carboxylic acids is 3. The number of nitro groups is 1. The zero-order chi connectivity index (χ0) is 34.7. The van der Waals surface area contributed by atoms with Crippen molar-refractivity contribution in [2.75, 3.05) is 47.0 Å². The van der Waals surface area contributed by atoms with Crippen LogP contribution in [0.2, 0.25) is 0 Å². The number of allylic oxidation sites excluding steroid dienone is 4. The number of nitrogens with zero attached hydrogens (tertiary/aromatic N) is 5. The molecule has 0 bridgehead atoms. The van der Waals surface area contributed by atoms with Crippen LogP contribution in [-0.2, 0) is 20.7 Å². The molecule has 0 saturated carbocycles. The van der Waals surface area contributed by atoms with Gasteiger partial charge in [-0.05, 0) is 57.7 Å². The molecule has 14 heteroatoms. The molecule has 1 aliphatic carbocycles. The van der Waals surface area contributed by atoms with Gasteiger partial charge in [0, 0.05) is 35.6 Å². The van der Waals surface area contributed by atoms with Gasteiger partial charge in [-0.2, -0.15) is 5.26 Å². The Labute approximate surface area is 278 Å². The number of nitrogens with one attached hydrogen (secondary N) is 1. The van der Waals surface area contributed by atoms with Crippen LogP contribution in [0.1, 0.15) is 65.3 Å². The molecule has 4 rings (SSSR count). The number of likely N-dealkylation sites (tertiary alicyclic amines) is 1. The highest BCUT2D eigenvalue weighted by Crippen LogP contribution is 2.45. The van der Waals surface area contributed by atoms with Gasteiger partial charge in [0.25, 0.3) is 11.6 Å². The summed E-state index contributed by atoms with van der Waals surface area (Å²) in [5.74, 6) is -1.95. The van der Waals surface area contributed by atoms with E-state index in [1.54, 1.807) is 6.92 Å². The van der Waals surface area contributed by atoms with Gasteiger partial charge >= 0.3 is 11.9 Å². The number of amides is 1. The quantitative estimate of drug-likeness (QED) is 0.132. The SMILES string of the molecule is CCc1c(C(=O)OCCC#N)c(-c2cncnc2)c(OC)c(C(=O)NCCCN2CCC(C(=O)OC)(C3C=CC=CC3)CC2)c1[N+](=O)[O-]. The van der Waals surface area contributed by atoms with Crippen LogP contribution in [0.4, 0.5) is 5.69 Å². The number of benzene rings is 1. The second-order valence-corrected chi connectivity index (χ2v) is 11.5. The summed E-state index contributed by atoms with van der Waals surface area (Å²) in [5.41, 5.74) is -1.28. The smallest absolute Gasteiger partial charge is 0.339 e. The van der Waals surface area contributed by atoms with Gasteiger partial charge in [0.15, 0.2) is 5.56 Å². The minimum Gasteiger partial charge on any atom is -0.495 e. The zero-order valence-corrected chi connectivity index (χ0v) is 27.4. The number of ether oxygens (including phenoxy) is 3.